The molecule has 0 radical (unpaired) electrons. The van der Waals surface area contributed by atoms with Crippen LogP contribution in [0.2, 0.25) is 0 Å². The molecule has 19 heavy (non-hydrogen) atoms. The monoisotopic (exact) mass is 266 g/mol. The predicted molar refractivity (Wildman–Crippen MR) is 71.4 cm³/mol. The molecule has 0 aliphatic heterocycles. The van der Waals surface area contributed by atoms with E-state index >= 15 is 0 Å². The van der Waals surface area contributed by atoms with E-state index in [9.17, 15) is 9.90 Å². The van der Waals surface area contributed by atoms with Gasteiger partial charge in [-0.3, -0.25) is 4.79 Å². The van der Waals surface area contributed by atoms with E-state index in [0.29, 0.717) is 25.9 Å². The van der Waals surface area contributed by atoms with E-state index < -0.39 is 6.10 Å². The molecule has 1 aliphatic carbocycles. The van der Waals surface area contributed by atoms with E-state index in [0.717, 1.165) is 11.4 Å². The lowest BCUT2D eigenvalue weighted by molar-refractivity contribution is -0.125. The summed E-state index contributed by atoms with van der Waals surface area (Å²) in [5, 5.41) is 12.4. The van der Waals surface area contributed by atoms with Gasteiger partial charge in [0.1, 0.15) is 0 Å². The fourth-order valence-corrected chi connectivity index (χ4v) is 2.48. The summed E-state index contributed by atoms with van der Waals surface area (Å²) in [7, 11) is 0. The Bertz CT molecular complexity index is 447. The van der Waals surface area contributed by atoms with Gasteiger partial charge >= 0.3 is 0 Å². The number of hydrogen-bond acceptors (Lipinski definition) is 4. The third-order valence-corrected chi connectivity index (χ3v) is 3.94. The molecule has 0 saturated heterocycles. The molecule has 2 rings (SSSR count). The number of amides is 1. The van der Waals surface area contributed by atoms with Crippen molar-refractivity contribution in [2.45, 2.75) is 45.4 Å². The Morgan fingerprint density at radius 2 is 2.32 bits per heavy atom. The molecule has 1 aromatic heterocycles. The number of nitrogens with zero attached hydrogens (tertiary/aromatic N) is 2. The first-order valence-electron chi connectivity index (χ1n) is 6.68. The van der Waals surface area contributed by atoms with Crippen LogP contribution < -0.4 is 11.1 Å². The highest BCUT2D eigenvalue weighted by molar-refractivity contribution is 5.79. The molecule has 1 aliphatic rings. The van der Waals surface area contributed by atoms with Crippen molar-refractivity contribution in [2.75, 3.05) is 6.54 Å². The Kier molecular flexibility index (Phi) is 4.21. The minimum atomic E-state index is -0.547. The SMILES string of the molecule is Cc1ncn(CCNC(=O)[C@H]2C[C@@H](N)[C@H](O)C2)c1C. The van der Waals surface area contributed by atoms with Crippen LogP contribution in [0.5, 0.6) is 0 Å². The molecule has 1 heterocycles. The lowest BCUT2D eigenvalue weighted by atomic mass is 10.1. The molecule has 6 heteroatoms. The number of aromatic nitrogens is 2. The number of aliphatic hydroxyl groups is 1. The van der Waals surface area contributed by atoms with Gasteiger partial charge in [-0.25, -0.2) is 4.98 Å². The maximum atomic E-state index is 11.9. The second kappa shape index (κ2) is 5.71. The Hall–Kier alpha value is -1.40. The first kappa shape index (κ1) is 14.0. The summed E-state index contributed by atoms with van der Waals surface area (Å²) in [5.74, 6) is -0.169. The number of carbonyl (C=O) groups is 1. The number of nitrogens with one attached hydrogen (secondary N) is 1. The summed E-state index contributed by atoms with van der Waals surface area (Å²) in [6.45, 7) is 5.25. The smallest absolute Gasteiger partial charge is 0.223 e. The van der Waals surface area contributed by atoms with Crippen LogP contribution in [0.25, 0.3) is 0 Å². The van der Waals surface area contributed by atoms with Crippen LogP contribution in [0.3, 0.4) is 0 Å². The quantitative estimate of drug-likeness (QED) is 0.698. The van der Waals surface area contributed by atoms with Gasteiger partial charge in [0.2, 0.25) is 5.91 Å². The fraction of sp³-hybridized carbons (Fsp3) is 0.692. The standard InChI is InChI=1S/C13H22N4O2/c1-8-9(2)17(7-16-8)4-3-15-13(19)10-5-11(14)12(18)6-10/h7,10-12,18H,3-6,14H2,1-2H3,(H,15,19)/t10-,11+,12+/m0/s1. The van der Waals surface area contributed by atoms with E-state index in [4.69, 9.17) is 5.73 Å². The highest BCUT2D eigenvalue weighted by atomic mass is 16.3. The highest BCUT2D eigenvalue weighted by Crippen LogP contribution is 2.24. The molecule has 6 nitrogen and oxygen atoms in total. The van der Waals surface area contributed by atoms with Gasteiger partial charge in [0, 0.05) is 30.7 Å². The zero-order valence-corrected chi connectivity index (χ0v) is 11.5. The van der Waals surface area contributed by atoms with E-state index in [1.165, 1.54) is 0 Å². The van der Waals surface area contributed by atoms with Gasteiger partial charge < -0.3 is 20.7 Å². The lowest BCUT2D eigenvalue weighted by Gasteiger charge is -2.11. The van der Waals surface area contributed by atoms with E-state index in [2.05, 4.69) is 10.3 Å². The van der Waals surface area contributed by atoms with E-state index in [1.807, 2.05) is 18.4 Å². The third kappa shape index (κ3) is 3.13. The van der Waals surface area contributed by atoms with Crippen molar-refractivity contribution in [1.82, 2.24) is 14.9 Å². The lowest BCUT2D eigenvalue weighted by Crippen LogP contribution is -2.32. The number of carbonyl (C=O) groups excluding carboxylic acids is 1. The summed E-state index contributed by atoms with van der Waals surface area (Å²) in [4.78, 5) is 16.1. The fourth-order valence-electron chi connectivity index (χ4n) is 2.48. The molecule has 1 saturated carbocycles. The molecule has 106 valence electrons. The third-order valence-electron chi connectivity index (χ3n) is 3.94. The number of aliphatic hydroxyl groups excluding tert-OH is 1. The second-order valence-electron chi connectivity index (χ2n) is 5.30. The molecule has 0 aromatic carbocycles. The van der Waals surface area contributed by atoms with E-state index in [1.54, 1.807) is 6.33 Å². The molecule has 0 spiro atoms. The summed E-state index contributed by atoms with van der Waals surface area (Å²) in [6.07, 6.45) is 2.27. The van der Waals surface area contributed by atoms with Crippen LogP contribution in [-0.2, 0) is 11.3 Å². The Balaban J connectivity index is 1.77. The van der Waals surface area contributed by atoms with Crippen LogP contribution in [0, 0.1) is 19.8 Å². The van der Waals surface area contributed by atoms with Gasteiger partial charge in [-0.15, -0.1) is 0 Å². The van der Waals surface area contributed by atoms with Crippen molar-refractivity contribution in [3.63, 3.8) is 0 Å². The Morgan fingerprint density at radius 3 is 2.84 bits per heavy atom. The zero-order valence-electron chi connectivity index (χ0n) is 11.5. The molecule has 0 bridgehead atoms. The zero-order chi connectivity index (χ0) is 14.0. The summed E-state index contributed by atoms with van der Waals surface area (Å²) >= 11 is 0. The van der Waals surface area contributed by atoms with Crippen molar-refractivity contribution >= 4 is 5.91 Å². The molecule has 0 unspecified atom stereocenters. The largest absolute Gasteiger partial charge is 0.391 e. The van der Waals surface area contributed by atoms with Gasteiger partial charge in [-0.05, 0) is 26.7 Å². The number of rotatable bonds is 4. The molecule has 1 fully saturated rings. The van der Waals surface area contributed by atoms with Crippen molar-refractivity contribution in [3.8, 4) is 0 Å². The topological polar surface area (TPSA) is 93.2 Å². The maximum Gasteiger partial charge on any atom is 0.223 e. The van der Waals surface area contributed by atoms with Crippen LogP contribution in [0.1, 0.15) is 24.2 Å². The minimum absolute atomic E-state index is 0.0125. The molecular weight excluding hydrogens is 244 g/mol. The molecular formula is C13H22N4O2. The van der Waals surface area contributed by atoms with Crippen molar-refractivity contribution in [2.24, 2.45) is 11.7 Å². The van der Waals surface area contributed by atoms with Crippen LogP contribution in [-0.4, -0.2) is 39.3 Å². The Morgan fingerprint density at radius 1 is 1.58 bits per heavy atom. The first-order chi connectivity index (χ1) is 8.99. The second-order valence-corrected chi connectivity index (χ2v) is 5.30. The molecule has 1 amide bonds. The average molecular weight is 266 g/mol. The average Bonchev–Trinajstić information content (AvgIpc) is 2.86. The van der Waals surface area contributed by atoms with Crippen molar-refractivity contribution in [3.05, 3.63) is 17.7 Å². The molecule has 1 aromatic rings. The predicted octanol–water partition coefficient (Wildman–Crippen LogP) is -0.286. The van der Waals surface area contributed by atoms with Crippen LogP contribution >= 0.6 is 0 Å². The number of aryl methyl sites for hydroxylation is 1. The normalized spacial score (nSPS) is 26.6. The van der Waals surface area contributed by atoms with Gasteiger partial charge in [0.25, 0.3) is 0 Å². The minimum Gasteiger partial charge on any atom is -0.391 e. The molecule has 3 atom stereocenters. The van der Waals surface area contributed by atoms with Gasteiger partial charge in [0.15, 0.2) is 0 Å². The number of nitrogens with two attached hydrogens (primary N) is 1. The first-order valence-corrected chi connectivity index (χ1v) is 6.68. The summed E-state index contributed by atoms with van der Waals surface area (Å²) < 4.78 is 2.02. The maximum absolute atomic E-state index is 11.9. The number of hydrogen-bond donors (Lipinski definition) is 3. The van der Waals surface area contributed by atoms with E-state index in [-0.39, 0.29) is 17.9 Å². The van der Waals surface area contributed by atoms with Gasteiger partial charge in [-0.2, -0.15) is 0 Å². The van der Waals surface area contributed by atoms with Crippen molar-refractivity contribution in [1.29, 1.82) is 0 Å². The summed E-state index contributed by atoms with van der Waals surface area (Å²) in [5.41, 5.74) is 7.83. The van der Waals surface area contributed by atoms with Crippen LogP contribution in [0.15, 0.2) is 6.33 Å². The van der Waals surface area contributed by atoms with Crippen molar-refractivity contribution < 1.29 is 9.90 Å². The highest BCUT2D eigenvalue weighted by Gasteiger charge is 2.34. The van der Waals surface area contributed by atoms with Gasteiger partial charge in [0.05, 0.1) is 18.1 Å². The number of imidazole rings is 1. The Labute approximate surface area is 113 Å². The van der Waals surface area contributed by atoms with Gasteiger partial charge in [-0.1, -0.05) is 0 Å². The molecule has 4 N–H and O–H groups in total. The van der Waals surface area contributed by atoms with Crippen LogP contribution in [0.4, 0.5) is 0 Å². The summed E-state index contributed by atoms with van der Waals surface area (Å²) in [6, 6.07) is -0.269.